The Bertz CT molecular complexity index is 518. The number of aromatic nitrogens is 1. The third-order valence-corrected chi connectivity index (χ3v) is 2.42. The number of halogens is 1. The Balaban J connectivity index is 2.14. The van der Waals surface area contributed by atoms with Crippen molar-refractivity contribution in [1.82, 2.24) is 4.98 Å². The van der Waals surface area contributed by atoms with Gasteiger partial charge in [-0.05, 0) is 29.3 Å². The molecule has 0 saturated carbocycles. The molecule has 0 radical (unpaired) electrons. The molecule has 3 heteroatoms. The van der Waals surface area contributed by atoms with Crippen molar-refractivity contribution in [2.45, 2.75) is 0 Å². The predicted octanol–water partition coefficient (Wildman–Crippen LogP) is 3.43. The van der Waals surface area contributed by atoms with Crippen molar-refractivity contribution in [3.63, 3.8) is 0 Å². The van der Waals surface area contributed by atoms with Gasteiger partial charge in [-0.3, -0.25) is 0 Å². The molecule has 2 nitrogen and oxygen atoms in total. The molecule has 86 valence electrons. The number of benzene rings is 1. The summed E-state index contributed by atoms with van der Waals surface area (Å²) in [4.78, 5) is 3.51. The van der Waals surface area contributed by atoms with Crippen molar-refractivity contribution < 1.29 is 4.39 Å². The molecule has 0 aliphatic carbocycles. The summed E-state index contributed by atoms with van der Waals surface area (Å²) in [5.41, 5.74) is 2.94. The molecule has 17 heavy (non-hydrogen) atoms. The zero-order chi connectivity index (χ0) is 12.1. The molecule has 1 heterocycles. The average Bonchev–Trinajstić information content (AvgIpc) is 2.37. The van der Waals surface area contributed by atoms with Crippen LogP contribution in [0.15, 0.2) is 42.6 Å². The molecule has 1 aromatic carbocycles. The summed E-state index contributed by atoms with van der Waals surface area (Å²) >= 11 is 0. The molecule has 2 rings (SSSR count). The summed E-state index contributed by atoms with van der Waals surface area (Å²) in [5.74, 6) is -0.460. The van der Waals surface area contributed by atoms with Crippen LogP contribution in [0.3, 0.4) is 0 Å². The van der Waals surface area contributed by atoms with Crippen LogP contribution in [0.2, 0.25) is 0 Å². The topological polar surface area (TPSA) is 24.9 Å². The summed E-state index contributed by atoms with van der Waals surface area (Å²) in [6.07, 6.45) is 5.26. The number of anilines is 1. The van der Waals surface area contributed by atoms with Crippen molar-refractivity contribution in [2.75, 3.05) is 12.4 Å². The molecule has 1 N–H and O–H groups in total. The molecule has 0 atom stereocenters. The van der Waals surface area contributed by atoms with Crippen LogP contribution in [-0.2, 0) is 0 Å². The molecule has 2 aromatic rings. The minimum Gasteiger partial charge on any atom is -0.388 e. The van der Waals surface area contributed by atoms with E-state index in [1.165, 1.54) is 12.3 Å². The summed E-state index contributed by atoms with van der Waals surface area (Å²) < 4.78 is 12.8. The first-order valence-corrected chi connectivity index (χ1v) is 5.35. The highest BCUT2D eigenvalue weighted by molar-refractivity contribution is 5.70. The van der Waals surface area contributed by atoms with E-state index in [0.29, 0.717) is 0 Å². The van der Waals surface area contributed by atoms with Gasteiger partial charge in [-0.25, -0.2) is 4.98 Å². The van der Waals surface area contributed by atoms with Gasteiger partial charge in [0, 0.05) is 25.0 Å². The highest BCUT2D eigenvalue weighted by atomic mass is 19.1. The number of pyridine rings is 1. The average molecular weight is 228 g/mol. The number of rotatable bonds is 3. The van der Waals surface area contributed by atoms with Crippen molar-refractivity contribution in [3.8, 4) is 0 Å². The molecular weight excluding hydrogens is 215 g/mol. The lowest BCUT2D eigenvalue weighted by atomic mass is 10.1. The Morgan fingerprint density at radius 3 is 2.41 bits per heavy atom. The van der Waals surface area contributed by atoms with E-state index < -0.39 is 5.95 Å². The van der Waals surface area contributed by atoms with Gasteiger partial charge in [0.2, 0.25) is 5.95 Å². The van der Waals surface area contributed by atoms with Gasteiger partial charge >= 0.3 is 0 Å². The smallest absolute Gasteiger partial charge is 0.213 e. The standard InChI is InChI=1S/C14H13FN2/c1-16-13-6-4-11(5-7-13)2-3-12-8-9-17-14(15)10-12/h2-10,16H,1H3. The molecular formula is C14H13FN2. The molecule has 0 amide bonds. The van der Waals surface area contributed by atoms with E-state index in [0.717, 1.165) is 16.8 Å². The Labute approximate surface area is 99.8 Å². The van der Waals surface area contributed by atoms with Crippen LogP contribution < -0.4 is 5.32 Å². The lowest BCUT2D eigenvalue weighted by Crippen LogP contribution is -1.86. The van der Waals surface area contributed by atoms with Crippen molar-refractivity contribution >= 4 is 17.8 Å². The third-order valence-electron chi connectivity index (χ3n) is 2.42. The fraction of sp³-hybridized carbons (Fsp3) is 0.0714. The Kier molecular flexibility index (Phi) is 3.50. The second-order valence-corrected chi connectivity index (χ2v) is 3.62. The highest BCUT2D eigenvalue weighted by Gasteiger charge is 1.92. The SMILES string of the molecule is CNc1ccc(C=Cc2ccnc(F)c2)cc1. The molecule has 0 bridgehead atoms. The van der Waals surface area contributed by atoms with E-state index in [-0.39, 0.29) is 0 Å². The lowest BCUT2D eigenvalue weighted by Gasteiger charge is -1.99. The van der Waals surface area contributed by atoms with E-state index in [9.17, 15) is 4.39 Å². The van der Waals surface area contributed by atoms with E-state index in [4.69, 9.17) is 0 Å². The maximum absolute atomic E-state index is 12.8. The molecule has 0 fully saturated rings. The van der Waals surface area contributed by atoms with Crippen LogP contribution >= 0.6 is 0 Å². The van der Waals surface area contributed by atoms with E-state index in [1.807, 2.05) is 43.5 Å². The normalized spacial score (nSPS) is 10.7. The second kappa shape index (κ2) is 5.25. The fourth-order valence-corrected chi connectivity index (χ4v) is 1.47. The minimum absolute atomic E-state index is 0.460. The Morgan fingerprint density at radius 2 is 1.76 bits per heavy atom. The molecule has 1 aromatic heterocycles. The molecule has 0 aliphatic rings. The highest BCUT2D eigenvalue weighted by Crippen LogP contribution is 2.12. The zero-order valence-electron chi connectivity index (χ0n) is 9.52. The van der Waals surface area contributed by atoms with Crippen LogP contribution in [0.4, 0.5) is 10.1 Å². The lowest BCUT2D eigenvalue weighted by molar-refractivity contribution is 0.583. The van der Waals surface area contributed by atoms with E-state index in [1.54, 1.807) is 6.07 Å². The van der Waals surface area contributed by atoms with Crippen LogP contribution in [0.25, 0.3) is 12.2 Å². The fourth-order valence-electron chi connectivity index (χ4n) is 1.47. The van der Waals surface area contributed by atoms with Gasteiger partial charge in [0.1, 0.15) is 0 Å². The van der Waals surface area contributed by atoms with Crippen LogP contribution in [0.5, 0.6) is 0 Å². The maximum atomic E-state index is 12.8. The number of hydrogen-bond acceptors (Lipinski definition) is 2. The first kappa shape index (κ1) is 11.3. The number of nitrogens with one attached hydrogen (secondary N) is 1. The van der Waals surface area contributed by atoms with Gasteiger partial charge in [0.15, 0.2) is 0 Å². The van der Waals surface area contributed by atoms with Crippen LogP contribution in [0, 0.1) is 5.95 Å². The second-order valence-electron chi connectivity index (χ2n) is 3.62. The molecule has 0 aliphatic heterocycles. The van der Waals surface area contributed by atoms with Gasteiger partial charge < -0.3 is 5.32 Å². The molecule has 0 unspecified atom stereocenters. The summed E-state index contributed by atoms with van der Waals surface area (Å²) in [5, 5.41) is 3.05. The van der Waals surface area contributed by atoms with E-state index >= 15 is 0 Å². The largest absolute Gasteiger partial charge is 0.388 e. The first-order valence-electron chi connectivity index (χ1n) is 5.35. The maximum Gasteiger partial charge on any atom is 0.213 e. The Morgan fingerprint density at radius 1 is 1.06 bits per heavy atom. The van der Waals surface area contributed by atoms with Gasteiger partial charge in [-0.1, -0.05) is 24.3 Å². The minimum atomic E-state index is -0.460. The van der Waals surface area contributed by atoms with Crippen LogP contribution in [0.1, 0.15) is 11.1 Å². The summed E-state index contributed by atoms with van der Waals surface area (Å²) in [6.45, 7) is 0. The van der Waals surface area contributed by atoms with Gasteiger partial charge in [-0.2, -0.15) is 4.39 Å². The van der Waals surface area contributed by atoms with Crippen LogP contribution in [-0.4, -0.2) is 12.0 Å². The number of hydrogen-bond donors (Lipinski definition) is 1. The van der Waals surface area contributed by atoms with Crippen molar-refractivity contribution in [2.24, 2.45) is 0 Å². The first-order chi connectivity index (χ1) is 8.28. The summed E-state index contributed by atoms with van der Waals surface area (Å²) in [7, 11) is 1.88. The predicted molar refractivity (Wildman–Crippen MR) is 69.1 cm³/mol. The molecule has 0 spiro atoms. The zero-order valence-corrected chi connectivity index (χ0v) is 9.52. The van der Waals surface area contributed by atoms with Gasteiger partial charge in [0.25, 0.3) is 0 Å². The van der Waals surface area contributed by atoms with Crippen molar-refractivity contribution in [3.05, 3.63) is 59.7 Å². The van der Waals surface area contributed by atoms with Gasteiger partial charge in [0.05, 0.1) is 0 Å². The van der Waals surface area contributed by atoms with Gasteiger partial charge in [-0.15, -0.1) is 0 Å². The summed E-state index contributed by atoms with van der Waals surface area (Å²) in [6, 6.07) is 11.2. The third kappa shape index (κ3) is 3.14. The van der Waals surface area contributed by atoms with Crippen molar-refractivity contribution in [1.29, 1.82) is 0 Å². The monoisotopic (exact) mass is 228 g/mol. The molecule has 0 saturated heterocycles. The quantitative estimate of drug-likeness (QED) is 0.814. The Hall–Kier alpha value is -2.16. The van der Waals surface area contributed by atoms with E-state index in [2.05, 4.69) is 10.3 Å². The number of nitrogens with zero attached hydrogens (tertiary/aromatic N) is 1.